The Bertz CT molecular complexity index is 296. The molecule has 1 aromatic heterocycles. The van der Waals surface area contributed by atoms with Gasteiger partial charge in [-0.3, -0.25) is 4.57 Å². The number of carbonyl (C=O) groups is 1. The first-order chi connectivity index (χ1) is 7.70. The number of ether oxygens (including phenoxy) is 1. The average molecular weight is 225 g/mol. The zero-order chi connectivity index (χ0) is 11.8. The molecule has 90 valence electrons. The average Bonchev–Trinajstić information content (AvgIpc) is 2.75. The van der Waals surface area contributed by atoms with E-state index in [1.807, 2.05) is 0 Å². The van der Waals surface area contributed by atoms with E-state index in [0.29, 0.717) is 19.1 Å². The summed E-state index contributed by atoms with van der Waals surface area (Å²) >= 11 is 0. The maximum absolute atomic E-state index is 11.4. The second kappa shape index (κ2) is 7.00. The molecular formula is C11H19N3O2. The number of nitrogens with zero attached hydrogens (tertiary/aromatic N) is 2. The summed E-state index contributed by atoms with van der Waals surface area (Å²) in [6, 6.07) is -0.176. The molecule has 0 radical (unpaired) electrons. The van der Waals surface area contributed by atoms with Crippen LogP contribution in [-0.2, 0) is 4.74 Å². The smallest absolute Gasteiger partial charge is 0.326 e. The molecule has 0 unspecified atom stereocenters. The van der Waals surface area contributed by atoms with E-state index in [9.17, 15) is 4.79 Å². The van der Waals surface area contributed by atoms with Crippen LogP contribution in [0.4, 0.5) is 4.79 Å². The zero-order valence-corrected chi connectivity index (χ0v) is 9.85. The van der Waals surface area contributed by atoms with Crippen molar-refractivity contribution in [1.82, 2.24) is 14.9 Å². The van der Waals surface area contributed by atoms with Crippen LogP contribution in [0.5, 0.6) is 0 Å². The lowest BCUT2D eigenvalue weighted by molar-refractivity contribution is 0.126. The summed E-state index contributed by atoms with van der Waals surface area (Å²) in [6.45, 7) is 6.13. The van der Waals surface area contributed by atoms with Gasteiger partial charge in [0.15, 0.2) is 0 Å². The second-order valence-electron chi connectivity index (χ2n) is 4.00. The molecular weight excluding hydrogens is 206 g/mol. The summed E-state index contributed by atoms with van der Waals surface area (Å²) < 4.78 is 6.77. The first kappa shape index (κ1) is 12.7. The van der Waals surface area contributed by atoms with Gasteiger partial charge in [-0.2, -0.15) is 0 Å². The first-order valence-corrected chi connectivity index (χ1v) is 5.54. The predicted molar refractivity (Wildman–Crippen MR) is 61.3 cm³/mol. The van der Waals surface area contributed by atoms with Crippen molar-refractivity contribution in [2.45, 2.75) is 20.3 Å². The van der Waals surface area contributed by atoms with Gasteiger partial charge in [0.2, 0.25) is 0 Å². The fraction of sp³-hybridized carbons (Fsp3) is 0.636. The minimum Gasteiger partial charge on any atom is -0.380 e. The molecule has 0 aromatic carbocycles. The van der Waals surface area contributed by atoms with E-state index in [1.54, 1.807) is 12.4 Å². The monoisotopic (exact) mass is 225 g/mol. The van der Waals surface area contributed by atoms with E-state index in [1.165, 1.54) is 10.9 Å². The lowest BCUT2D eigenvalue weighted by Gasteiger charge is -2.07. The molecule has 0 aliphatic carbocycles. The van der Waals surface area contributed by atoms with E-state index in [0.717, 1.165) is 13.0 Å². The van der Waals surface area contributed by atoms with E-state index < -0.39 is 0 Å². The number of aromatic nitrogens is 2. The Labute approximate surface area is 95.8 Å². The summed E-state index contributed by atoms with van der Waals surface area (Å²) in [6.07, 6.45) is 5.69. The van der Waals surface area contributed by atoms with Gasteiger partial charge in [0.05, 0.1) is 6.61 Å². The van der Waals surface area contributed by atoms with Crippen molar-refractivity contribution in [2.75, 3.05) is 19.8 Å². The minimum atomic E-state index is -0.176. The molecule has 1 aromatic rings. The van der Waals surface area contributed by atoms with Crippen LogP contribution in [0.2, 0.25) is 0 Å². The second-order valence-corrected chi connectivity index (χ2v) is 4.00. The number of nitrogens with one attached hydrogen (secondary N) is 1. The van der Waals surface area contributed by atoms with Crippen molar-refractivity contribution in [1.29, 1.82) is 0 Å². The molecule has 1 heterocycles. The summed E-state index contributed by atoms with van der Waals surface area (Å²) in [5.41, 5.74) is 0. The highest BCUT2D eigenvalue weighted by Crippen LogP contribution is 1.98. The molecule has 0 saturated carbocycles. The van der Waals surface area contributed by atoms with Gasteiger partial charge in [0.25, 0.3) is 0 Å². The Morgan fingerprint density at radius 2 is 2.31 bits per heavy atom. The fourth-order valence-corrected chi connectivity index (χ4v) is 1.12. The van der Waals surface area contributed by atoms with Gasteiger partial charge in [0, 0.05) is 25.5 Å². The van der Waals surface area contributed by atoms with Gasteiger partial charge >= 0.3 is 6.03 Å². The fourth-order valence-electron chi connectivity index (χ4n) is 1.12. The van der Waals surface area contributed by atoms with Crippen LogP contribution in [0.3, 0.4) is 0 Å². The lowest BCUT2D eigenvalue weighted by atomic mass is 10.1. The van der Waals surface area contributed by atoms with Gasteiger partial charge in [-0.25, -0.2) is 9.78 Å². The molecule has 0 aliphatic heterocycles. The minimum absolute atomic E-state index is 0.176. The molecule has 0 fully saturated rings. The quantitative estimate of drug-likeness (QED) is 0.746. The highest BCUT2D eigenvalue weighted by molar-refractivity contribution is 5.76. The lowest BCUT2D eigenvalue weighted by Crippen LogP contribution is -2.30. The third-order valence-corrected chi connectivity index (χ3v) is 2.10. The van der Waals surface area contributed by atoms with Crippen LogP contribution >= 0.6 is 0 Å². The highest BCUT2D eigenvalue weighted by Gasteiger charge is 2.01. The molecule has 0 aliphatic rings. The number of hydrogen-bond donors (Lipinski definition) is 1. The molecule has 0 saturated heterocycles. The van der Waals surface area contributed by atoms with Crippen LogP contribution in [-0.4, -0.2) is 35.3 Å². The molecule has 16 heavy (non-hydrogen) atoms. The first-order valence-electron chi connectivity index (χ1n) is 5.54. The Morgan fingerprint density at radius 1 is 1.50 bits per heavy atom. The Balaban J connectivity index is 2.01. The topological polar surface area (TPSA) is 56.1 Å². The Kier molecular flexibility index (Phi) is 5.56. The van der Waals surface area contributed by atoms with Crippen LogP contribution in [0.1, 0.15) is 20.3 Å². The van der Waals surface area contributed by atoms with Crippen LogP contribution < -0.4 is 5.32 Å². The number of imidazole rings is 1. The molecule has 5 heteroatoms. The van der Waals surface area contributed by atoms with Gasteiger partial charge < -0.3 is 10.1 Å². The summed E-state index contributed by atoms with van der Waals surface area (Å²) in [5, 5.41) is 2.73. The summed E-state index contributed by atoms with van der Waals surface area (Å²) in [4.78, 5) is 15.2. The van der Waals surface area contributed by atoms with Gasteiger partial charge in [0.1, 0.15) is 6.33 Å². The SMILES string of the molecule is CC(C)CCOCCNC(=O)n1ccnc1. The molecule has 0 bridgehead atoms. The van der Waals surface area contributed by atoms with Crippen LogP contribution in [0.25, 0.3) is 0 Å². The molecule has 0 spiro atoms. The maximum atomic E-state index is 11.4. The normalized spacial score (nSPS) is 10.7. The number of hydrogen-bond acceptors (Lipinski definition) is 3. The molecule has 0 atom stereocenters. The van der Waals surface area contributed by atoms with E-state index in [2.05, 4.69) is 24.1 Å². The standard InChI is InChI=1S/C11H19N3O2/c1-10(2)3-7-16-8-5-13-11(15)14-6-4-12-9-14/h4,6,9-10H,3,5,7-8H2,1-2H3,(H,13,15). The maximum Gasteiger partial charge on any atom is 0.326 e. The third-order valence-electron chi connectivity index (χ3n) is 2.10. The van der Waals surface area contributed by atoms with Crippen LogP contribution in [0.15, 0.2) is 18.7 Å². The molecule has 5 nitrogen and oxygen atoms in total. The van der Waals surface area contributed by atoms with Crippen LogP contribution in [0, 0.1) is 5.92 Å². The zero-order valence-electron chi connectivity index (χ0n) is 9.85. The number of carbonyl (C=O) groups excluding carboxylic acids is 1. The van der Waals surface area contributed by atoms with Gasteiger partial charge in [-0.05, 0) is 12.3 Å². The predicted octanol–water partition coefficient (Wildman–Crippen LogP) is 1.50. The van der Waals surface area contributed by atoms with E-state index >= 15 is 0 Å². The van der Waals surface area contributed by atoms with E-state index in [4.69, 9.17) is 4.74 Å². The summed E-state index contributed by atoms with van der Waals surface area (Å²) in [5.74, 6) is 0.653. The largest absolute Gasteiger partial charge is 0.380 e. The number of amides is 1. The van der Waals surface area contributed by atoms with Gasteiger partial charge in [-0.1, -0.05) is 13.8 Å². The van der Waals surface area contributed by atoms with Crippen molar-refractivity contribution in [3.05, 3.63) is 18.7 Å². The Hall–Kier alpha value is -1.36. The van der Waals surface area contributed by atoms with Crippen molar-refractivity contribution >= 4 is 6.03 Å². The molecule has 1 N–H and O–H groups in total. The van der Waals surface area contributed by atoms with E-state index in [-0.39, 0.29) is 6.03 Å². The van der Waals surface area contributed by atoms with Gasteiger partial charge in [-0.15, -0.1) is 0 Å². The number of rotatable bonds is 6. The third kappa shape index (κ3) is 4.93. The summed E-state index contributed by atoms with van der Waals surface area (Å²) in [7, 11) is 0. The van der Waals surface area contributed by atoms with Crippen molar-refractivity contribution in [2.24, 2.45) is 5.92 Å². The molecule has 1 amide bonds. The molecule has 1 rings (SSSR count). The van der Waals surface area contributed by atoms with Crippen molar-refractivity contribution < 1.29 is 9.53 Å². The highest BCUT2D eigenvalue weighted by atomic mass is 16.5. The Morgan fingerprint density at radius 3 is 2.94 bits per heavy atom. The van der Waals surface area contributed by atoms with Crippen molar-refractivity contribution in [3.63, 3.8) is 0 Å². The van der Waals surface area contributed by atoms with Crippen molar-refractivity contribution in [3.8, 4) is 0 Å².